The smallest absolute Gasteiger partial charge is 0.259 e. The predicted molar refractivity (Wildman–Crippen MR) is 228 cm³/mol. The summed E-state index contributed by atoms with van der Waals surface area (Å²) in [5.74, 6) is 1.48. The number of fused-ring (bicyclic) bond motifs is 1. The number of nitriles is 1. The van der Waals surface area contributed by atoms with Crippen LogP contribution < -0.4 is 9.47 Å². The lowest BCUT2D eigenvalue weighted by Gasteiger charge is -2.39. The molecule has 6 rings (SSSR count). The second-order valence-corrected chi connectivity index (χ2v) is 16.3. The average Bonchev–Trinajstić information content (AvgIpc) is 3.84. The highest BCUT2D eigenvalue weighted by molar-refractivity contribution is 7.44. The molecule has 0 bridgehead atoms. The molecule has 0 aliphatic carbocycles. The van der Waals surface area contributed by atoms with E-state index in [2.05, 4.69) is 60.1 Å². The first-order valence-electron chi connectivity index (χ1n) is 19.6. The van der Waals surface area contributed by atoms with Crippen LogP contribution >= 0.6 is 8.53 Å². The van der Waals surface area contributed by atoms with Crippen molar-refractivity contribution in [2.45, 2.75) is 76.7 Å². The molecular formula is C45H55N6O6P. The van der Waals surface area contributed by atoms with Gasteiger partial charge in [-0.15, -0.1) is 0 Å². The van der Waals surface area contributed by atoms with Crippen LogP contribution in [0.4, 0.5) is 5.69 Å². The number of aliphatic imine (C=N–C) groups is 1. The summed E-state index contributed by atoms with van der Waals surface area (Å²) in [5, 5.41) is 9.41. The molecule has 1 saturated heterocycles. The van der Waals surface area contributed by atoms with E-state index >= 15 is 0 Å². The minimum absolute atomic E-state index is 0.121. The van der Waals surface area contributed by atoms with Crippen LogP contribution in [0.1, 0.15) is 63.5 Å². The van der Waals surface area contributed by atoms with E-state index in [9.17, 15) is 5.26 Å². The molecule has 1 fully saturated rings. The van der Waals surface area contributed by atoms with Gasteiger partial charge in [-0.3, -0.25) is 0 Å². The van der Waals surface area contributed by atoms with Crippen molar-refractivity contribution >= 4 is 31.6 Å². The third-order valence-corrected chi connectivity index (χ3v) is 12.2. The number of rotatable bonds is 19. The highest BCUT2D eigenvalue weighted by Gasteiger charge is 2.45. The fourth-order valence-corrected chi connectivity index (χ4v) is 9.09. The van der Waals surface area contributed by atoms with E-state index in [4.69, 9.17) is 33.0 Å². The zero-order chi connectivity index (χ0) is 41.2. The van der Waals surface area contributed by atoms with E-state index in [1.54, 1.807) is 20.6 Å². The van der Waals surface area contributed by atoms with Gasteiger partial charge in [0.25, 0.3) is 8.53 Å². The Bertz CT molecular complexity index is 2060. The summed E-state index contributed by atoms with van der Waals surface area (Å²) in [5.41, 5.74) is 4.23. The Hall–Kier alpha value is -4.86. The zero-order valence-electron chi connectivity index (χ0n) is 34.7. The molecule has 4 atom stereocenters. The maximum atomic E-state index is 9.41. The number of aromatic nitrogens is 2. The first kappa shape index (κ1) is 42.7. The number of ether oxygens (including phenoxy) is 4. The molecular weight excluding hydrogens is 752 g/mol. The SMILES string of the molecule is COc1ccc(C(OC[C@H]2O[C@@H](n3cnc4ccc(N=CN(C)C)cc43)C[C@@H]2OP(OCCC#N)N(C(C)C)C(C)C)(c2ccccc2)c2ccc(OC)cc2)cc1. The number of imidazole rings is 1. The third-order valence-electron chi connectivity index (χ3n) is 10.0. The Labute approximate surface area is 343 Å². The lowest BCUT2D eigenvalue weighted by atomic mass is 9.80. The van der Waals surface area contributed by atoms with Crippen LogP contribution in [0.5, 0.6) is 11.5 Å². The van der Waals surface area contributed by atoms with Crippen LogP contribution in [0.25, 0.3) is 11.0 Å². The summed E-state index contributed by atoms with van der Waals surface area (Å²) in [6.45, 7) is 8.94. The van der Waals surface area contributed by atoms with Crippen molar-refractivity contribution in [3.05, 3.63) is 120 Å². The van der Waals surface area contributed by atoms with Crippen LogP contribution in [-0.4, -0.2) is 91.3 Å². The lowest BCUT2D eigenvalue weighted by Crippen LogP contribution is -2.39. The van der Waals surface area contributed by atoms with Crippen molar-refractivity contribution in [2.24, 2.45) is 4.99 Å². The molecule has 0 amide bonds. The van der Waals surface area contributed by atoms with Gasteiger partial charge in [0, 0.05) is 32.6 Å². The van der Waals surface area contributed by atoms with Crippen molar-refractivity contribution in [3.8, 4) is 17.6 Å². The Kier molecular flexibility index (Phi) is 14.5. The average molecular weight is 807 g/mol. The molecule has 0 N–H and O–H groups in total. The summed E-state index contributed by atoms with van der Waals surface area (Å²) >= 11 is 0. The van der Waals surface area contributed by atoms with Crippen LogP contribution in [0, 0.1) is 11.3 Å². The second-order valence-electron chi connectivity index (χ2n) is 14.9. The molecule has 0 spiro atoms. The van der Waals surface area contributed by atoms with Crippen molar-refractivity contribution in [1.29, 1.82) is 5.26 Å². The fourth-order valence-electron chi connectivity index (χ4n) is 7.33. The summed E-state index contributed by atoms with van der Waals surface area (Å²) in [4.78, 5) is 11.3. The maximum absolute atomic E-state index is 9.41. The highest BCUT2D eigenvalue weighted by Crippen LogP contribution is 2.51. The summed E-state index contributed by atoms with van der Waals surface area (Å²) < 4.78 is 43.4. The van der Waals surface area contributed by atoms with Crippen LogP contribution in [-0.2, 0) is 24.1 Å². The van der Waals surface area contributed by atoms with Gasteiger partial charge in [-0.25, -0.2) is 14.6 Å². The molecule has 2 heterocycles. The van der Waals surface area contributed by atoms with Gasteiger partial charge in [-0.2, -0.15) is 5.26 Å². The molecule has 1 aliphatic rings. The Morgan fingerprint density at radius 1 is 0.914 bits per heavy atom. The lowest BCUT2D eigenvalue weighted by molar-refractivity contribution is -0.0911. The number of hydrogen-bond acceptors (Lipinski definition) is 10. The molecule has 4 aromatic carbocycles. The largest absolute Gasteiger partial charge is 0.497 e. The monoisotopic (exact) mass is 806 g/mol. The van der Waals surface area contributed by atoms with Gasteiger partial charge in [0.15, 0.2) is 0 Å². The number of methoxy groups -OCH3 is 2. The van der Waals surface area contributed by atoms with E-state index in [1.807, 2.05) is 110 Å². The topological polar surface area (TPSA) is 116 Å². The predicted octanol–water partition coefficient (Wildman–Crippen LogP) is 9.23. The Balaban J connectivity index is 1.43. The maximum Gasteiger partial charge on any atom is 0.259 e. The fraction of sp³-hybridized carbons (Fsp3) is 0.400. The number of nitrogens with zero attached hydrogens (tertiary/aromatic N) is 6. The van der Waals surface area contributed by atoms with E-state index in [0.29, 0.717) is 6.42 Å². The van der Waals surface area contributed by atoms with Crippen LogP contribution in [0.3, 0.4) is 0 Å². The molecule has 1 unspecified atom stereocenters. The summed E-state index contributed by atoms with van der Waals surface area (Å²) in [6, 6.07) is 34.6. The molecule has 58 heavy (non-hydrogen) atoms. The quantitative estimate of drug-likeness (QED) is 0.0263. The van der Waals surface area contributed by atoms with Crippen molar-refractivity contribution in [3.63, 3.8) is 0 Å². The van der Waals surface area contributed by atoms with Gasteiger partial charge in [0.2, 0.25) is 0 Å². The summed E-state index contributed by atoms with van der Waals surface area (Å²) in [6.07, 6.45) is 2.92. The second kappa shape index (κ2) is 19.7. The minimum Gasteiger partial charge on any atom is -0.497 e. The van der Waals surface area contributed by atoms with Gasteiger partial charge in [-0.05, 0) is 86.8 Å². The summed E-state index contributed by atoms with van der Waals surface area (Å²) in [7, 11) is 5.61. The van der Waals surface area contributed by atoms with Crippen molar-refractivity contribution < 1.29 is 28.0 Å². The molecule has 12 nitrogen and oxygen atoms in total. The van der Waals surface area contributed by atoms with Gasteiger partial charge in [0.05, 0.1) is 75.4 Å². The molecule has 13 heteroatoms. The first-order valence-corrected chi connectivity index (χ1v) is 20.8. The first-order chi connectivity index (χ1) is 28.1. The van der Waals surface area contributed by atoms with Crippen LogP contribution in [0.2, 0.25) is 0 Å². The van der Waals surface area contributed by atoms with E-state index in [1.165, 1.54) is 0 Å². The zero-order valence-corrected chi connectivity index (χ0v) is 35.6. The number of hydrogen-bond donors (Lipinski definition) is 0. The van der Waals surface area contributed by atoms with Gasteiger partial charge in [-0.1, -0.05) is 54.6 Å². The molecule has 5 aromatic rings. The van der Waals surface area contributed by atoms with Gasteiger partial charge >= 0.3 is 0 Å². The molecule has 1 aliphatic heterocycles. The molecule has 0 saturated carbocycles. The standard InChI is InChI=1S/C45H55N6O6P/c1-32(2)51(33(3)4)58(55-26-12-25-46)57-42-28-44(50-31-48-40-24-19-37(27-41(40)50)47-30-49(5)6)56-43(42)29-54-45(34-13-10-9-11-14-34,35-15-20-38(52-7)21-16-35)36-17-22-39(53-8)23-18-36/h9-11,13-24,27,30-33,42-44H,12,26,28-29H2,1-8H3/t42-,43+,44+,58?/m0/s1. The van der Waals surface area contributed by atoms with Crippen molar-refractivity contribution in [2.75, 3.05) is 41.5 Å². The molecule has 1 aromatic heterocycles. The van der Waals surface area contributed by atoms with E-state index < -0.39 is 32.6 Å². The van der Waals surface area contributed by atoms with Crippen molar-refractivity contribution in [1.82, 2.24) is 19.1 Å². The van der Waals surface area contributed by atoms with Crippen LogP contribution in [0.15, 0.2) is 108 Å². The number of benzene rings is 4. The van der Waals surface area contributed by atoms with Gasteiger partial charge < -0.3 is 37.5 Å². The Morgan fingerprint density at radius 3 is 2.10 bits per heavy atom. The van der Waals surface area contributed by atoms with E-state index in [-0.39, 0.29) is 31.7 Å². The van der Waals surface area contributed by atoms with E-state index in [0.717, 1.165) is 44.9 Å². The third kappa shape index (κ3) is 9.70. The molecule has 0 radical (unpaired) electrons. The highest BCUT2D eigenvalue weighted by atomic mass is 31.2. The normalized spacial score (nSPS) is 17.7. The van der Waals surface area contributed by atoms with Gasteiger partial charge in [0.1, 0.15) is 29.4 Å². The minimum atomic E-state index is -1.59. The molecule has 306 valence electrons. The Morgan fingerprint density at radius 2 is 1.53 bits per heavy atom.